The van der Waals surface area contributed by atoms with Crippen molar-refractivity contribution in [2.24, 2.45) is 0 Å². The van der Waals surface area contributed by atoms with Gasteiger partial charge in [-0.1, -0.05) is 36.4 Å². The number of carbonyl (C=O) groups excluding carboxylic acids is 1. The van der Waals surface area contributed by atoms with Gasteiger partial charge in [0.05, 0.1) is 4.90 Å². The van der Waals surface area contributed by atoms with Crippen LogP contribution in [0.2, 0.25) is 0 Å². The second-order valence-electron chi connectivity index (χ2n) is 7.11. The maximum Gasteiger partial charge on any atom is 0.253 e. The second-order valence-corrected chi connectivity index (χ2v) is 8.88. The zero-order valence-electron chi connectivity index (χ0n) is 16.2. The molecule has 1 amide bonds. The van der Waals surface area contributed by atoms with Crippen LogP contribution in [0.15, 0.2) is 59.5 Å². The minimum Gasteiger partial charge on any atom is -0.340 e. The van der Waals surface area contributed by atoms with E-state index in [-0.39, 0.29) is 17.3 Å². The largest absolute Gasteiger partial charge is 0.340 e. The van der Waals surface area contributed by atoms with Crippen LogP contribution < -0.4 is 4.72 Å². The summed E-state index contributed by atoms with van der Waals surface area (Å²) in [7, 11) is -1.94. The molecule has 6 nitrogen and oxygen atoms in total. The molecule has 28 heavy (non-hydrogen) atoms. The number of benzene rings is 2. The first kappa shape index (κ1) is 20.5. The molecule has 1 N–H and O–H groups in total. The Bertz CT molecular complexity index is 894. The highest BCUT2D eigenvalue weighted by atomic mass is 32.2. The fourth-order valence-electron chi connectivity index (χ4n) is 3.27. The van der Waals surface area contributed by atoms with Gasteiger partial charge in [-0.15, -0.1) is 0 Å². The van der Waals surface area contributed by atoms with Crippen LogP contribution in [-0.2, 0) is 16.6 Å². The molecule has 0 atom stereocenters. The minimum atomic E-state index is -3.69. The van der Waals surface area contributed by atoms with Gasteiger partial charge in [0, 0.05) is 32.2 Å². The molecule has 0 saturated carbocycles. The summed E-state index contributed by atoms with van der Waals surface area (Å²) in [5.41, 5.74) is 1.26. The van der Waals surface area contributed by atoms with E-state index in [2.05, 4.69) is 9.62 Å². The highest BCUT2D eigenvalue weighted by Crippen LogP contribution is 2.14. The Kier molecular flexibility index (Phi) is 6.83. The smallest absolute Gasteiger partial charge is 0.253 e. The lowest BCUT2D eigenvalue weighted by molar-refractivity contribution is 0.0782. The van der Waals surface area contributed by atoms with Gasteiger partial charge < -0.3 is 9.80 Å². The van der Waals surface area contributed by atoms with Crippen molar-refractivity contribution in [1.82, 2.24) is 14.5 Å². The number of carbonyl (C=O) groups is 1. The Balaban J connectivity index is 1.63. The average Bonchev–Trinajstić information content (AvgIpc) is 3.24. The molecule has 0 aromatic heterocycles. The molecule has 0 radical (unpaired) electrons. The van der Waals surface area contributed by atoms with Crippen molar-refractivity contribution < 1.29 is 13.2 Å². The van der Waals surface area contributed by atoms with Crippen molar-refractivity contribution in [3.8, 4) is 0 Å². The van der Waals surface area contributed by atoms with Gasteiger partial charge in [0.1, 0.15) is 0 Å². The molecule has 0 bridgehead atoms. The predicted octanol–water partition coefficient (Wildman–Crippen LogP) is 2.33. The normalized spacial score (nSPS) is 14.9. The lowest BCUT2D eigenvalue weighted by Gasteiger charge is -2.21. The van der Waals surface area contributed by atoms with Gasteiger partial charge in [0.2, 0.25) is 10.0 Å². The van der Waals surface area contributed by atoms with Crippen molar-refractivity contribution in [3.05, 3.63) is 65.7 Å². The summed E-state index contributed by atoms with van der Waals surface area (Å²) in [6.45, 7) is 3.85. The number of hydrogen-bond acceptors (Lipinski definition) is 4. The molecular weight excluding hydrogens is 374 g/mol. The quantitative estimate of drug-likeness (QED) is 0.737. The second kappa shape index (κ2) is 9.32. The van der Waals surface area contributed by atoms with E-state index in [0.717, 1.165) is 25.2 Å². The summed E-state index contributed by atoms with van der Waals surface area (Å²) in [4.78, 5) is 16.8. The summed E-state index contributed by atoms with van der Waals surface area (Å²) in [6.07, 6.45) is 2.43. The van der Waals surface area contributed by atoms with Crippen LogP contribution in [0.5, 0.6) is 0 Å². The zero-order valence-corrected chi connectivity index (χ0v) is 17.0. The van der Waals surface area contributed by atoms with Crippen LogP contribution in [0.4, 0.5) is 0 Å². The fraction of sp³-hybridized carbons (Fsp3) is 0.381. The van der Waals surface area contributed by atoms with Gasteiger partial charge in [0.15, 0.2) is 0 Å². The number of amides is 1. The van der Waals surface area contributed by atoms with E-state index in [4.69, 9.17) is 0 Å². The van der Waals surface area contributed by atoms with Gasteiger partial charge in [-0.05, 0) is 49.7 Å². The first-order valence-corrected chi connectivity index (χ1v) is 11.1. The maximum atomic E-state index is 12.7. The molecule has 2 aromatic carbocycles. The van der Waals surface area contributed by atoms with E-state index in [9.17, 15) is 13.2 Å². The van der Waals surface area contributed by atoms with E-state index in [1.54, 1.807) is 24.1 Å². The number of hydrogen-bond donors (Lipinski definition) is 1. The Hall–Kier alpha value is -2.22. The van der Waals surface area contributed by atoms with Gasteiger partial charge in [0.25, 0.3) is 5.91 Å². The van der Waals surface area contributed by atoms with Gasteiger partial charge >= 0.3 is 0 Å². The third kappa shape index (κ3) is 5.41. The highest BCUT2D eigenvalue weighted by molar-refractivity contribution is 7.89. The van der Waals surface area contributed by atoms with Crippen molar-refractivity contribution in [2.75, 3.05) is 33.2 Å². The third-order valence-electron chi connectivity index (χ3n) is 5.00. The van der Waals surface area contributed by atoms with Crippen molar-refractivity contribution in [3.63, 3.8) is 0 Å². The van der Waals surface area contributed by atoms with E-state index in [1.165, 1.54) is 25.0 Å². The average molecular weight is 402 g/mol. The molecular formula is C21H27N3O3S. The number of likely N-dealkylation sites (N-methyl/N-ethyl adjacent to an activating group) is 1. The molecule has 1 saturated heterocycles. The Morgan fingerprint density at radius 1 is 1.07 bits per heavy atom. The molecule has 7 heteroatoms. The summed E-state index contributed by atoms with van der Waals surface area (Å²) in [5, 5.41) is 0. The fourth-order valence-corrected chi connectivity index (χ4v) is 4.34. The lowest BCUT2D eigenvalue weighted by atomic mass is 10.2. The first-order valence-electron chi connectivity index (χ1n) is 9.57. The molecule has 150 valence electrons. The molecule has 3 rings (SSSR count). The molecule has 0 aliphatic carbocycles. The Labute approximate surface area is 167 Å². The SMILES string of the molecule is CN(CCN1CCCC1)C(=O)c1cccc(S(=O)(=O)NCc2ccccc2)c1. The predicted molar refractivity (Wildman–Crippen MR) is 110 cm³/mol. The lowest BCUT2D eigenvalue weighted by Crippen LogP contribution is -2.35. The molecule has 0 spiro atoms. The van der Waals surface area contributed by atoms with Crippen LogP contribution in [0.1, 0.15) is 28.8 Å². The summed E-state index contributed by atoms with van der Waals surface area (Å²) < 4.78 is 27.8. The highest BCUT2D eigenvalue weighted by Gasteiger charge is 2.19. The van der Waals surface area contributed by atoms with Crippen molar-refractivity contribution >= 4 is 15.9 Å². The Morgan fingerprint density at radius 2 is 1.79 bits per heavy atom. The standard InChI is InChI=1S/C21H27N3O3S/c1-23(14-15-24-12-5-6-13-24)21(25)19-10-7-11-20(16-19)28(26,27)22-17-18-8-3-2-4-9-18/h2-4,7-11,16,22H,5-6,12-15,17H2,1H3. The van der Waals surface area contributed by atoms with Crippen molar-refractivity contribution in [2.45, 2.75) is 24.3 Å². The summed E-state index contributed by atoms with van der Waals surface area (Å²) in [5.74, 6) is -0.167. The number of likely N-dealkylation sites (tertiary alicyclic amines) is 1. The molecule has 1 fully saturated rings. The van der Waals surface area contributed by atoms with Crippen LogP contribution in [0, 0.1) is 0 Å². The summed E-state index contributed by atoms with van der Waals surface area (Å²) in [6, 6.07) is 15.5. The van der Waals surface area contributed by atoms with E-state index < -0.39 is 10.0 Å². The van der Waals surface area contributed by atoms with E-state index >= 15 is 0 Å². The van der Waals surface area contributed by atoms with Crippen LogP contribution in [0.25, 0.3) is 0 Å². The van der Waals surface area contributed by atoms with Gasteiger partial charge in [-0.3, -0.25) is 4.79 Å². The number of nitrogens with one attached hydrogen (secondary N) is 1. The number of sulfonamides is 1. The van der Waals surface area contributed by atoms with Gasteiger partial charge in [-0.2, -0.15) is 0 Å². The van der Waals surface area contributed by atoms with Gasteiger partial charge in [-0.25, -0.2) is 13.1 Å². The third-order valence-corrected chi connectivity index (χ3v) is 6.40. The van der Waals surface area contributed by atoms with Crippen LogP contribution >= 0.6 is 0 Å². The topological polar surface area (TPSA) is 69.7 Å². The van der Waals surface area contributed by atoms with Crippen LogP contribution in [0.3, 0.4) is 0 Å². The molecule has 1 aliphatic heterocycles. The van der Waals surface area contributed by atoms with E-state index in [1.807, 2.05) is 30.3 Å². The molecule has 1 aliphatic rings. The molecule has 1 heterocycles. The molecule has 2 aromatic rings. The van der Waals surface area contributed by atoms with Crippen molar-refractivity contribution in [1.29, 1.82) is 0 Å². The Morgan fingerprint density at radius 3 is 2.50 bits per heavy atom. The van der Waals surface area contributed by atoms with E-state index in [0.29, 0.717) is 12.1 Å². The minimum absolute atomic E-state index is 0.0993. The first-order chi connectivity index (χ1) is 13.5. The monoisotopic (exact) mass is 401 g/mol. The summed E-state index contributed by atoms with van der Waals surface area (Å²) >= 11 is 0. The van der Waals surface area contributed by atoms with Crippen LogP contribution in [-0.4, -0.2) is 57.4 Å². The zero-order chi connectivity index (χ0) is 20.0. The maximum absolute atomic E-state index is 12.7. The molecule has 0 unspecified atom stereocenters. The number of nitrogens with zero attached hydrogens (tertiary/aromatic N) is 2. The number of rotatable bonds is 8.